The number of hydrogen-bond donors (Lipinski definition) is 2. The van der Waals surface area contributed by atoms with Gasteiger partial charge < -0.3 is 11.1 Å². The van der Waals surface area contributed by atoms with E-state index in [9.17, 15) is 4.79 Å². The smallest absolute Gasteiger partial charge is 0.251 e. The fourth-order valence-corrected chi connectivity index (χ4v) is 1.56. The molecule has 0 unspecified atom stereocenters. The van der Waals surface area contributed by atoms with E-state index in [0.717, 1.165) is 31.4 Å². The second-order valence-electron chi connectivity index (χ2n) is 4.04. The first-order valence-electron chi connectivity index (χ1n) is 5.79. The minimum atomic E-state index is -0.0269. The molecule has 0 radical (unpaired) electrons. The Morgan fingerprint density at radius 3 is 2.81 bits per heavy atom. The van der Waals surface area contributed by atoms with Crippen molar-refractivity contribution < 1.29 is 4.79 Å². The lowest BCUT2D eigenvalue weighted by Gasteiger charge is -2.08. The minimum absolute atomic E-state index is 0.0269. The molecule has 1 rings (SSSR count). The van der Waals surface area contributed by atoms with Gasteiger partial charge >= 0.3 is 0 Å². The van der Waals surface area contributed by atoms with Crippen molar-refractivity contribution in [3.8, 4) is 0 Å². The fourth-order valence-electron chi connectivity index (χ4n) is 1.56. The van der Waals surface area contributed by atoms with Crippen LogP contribution in [-0.4, -0.2) is 12.5 Å². The molecule has 0 atom stereocenters. The molecule has 1 aromatic rings. The van der Waals surface area contributed by atoms with E-state index in [4.69, 9.17) is 5.73 Å². The molecule has 0 aliphatic rings. The third-order valence-electron chi connectivity index (χ3n) is 2.57. The third-order valence-corrected chi connectivity index (χ3v) is 2.57. The van der Waals surface area contributed by atoms with Crippen LogP contribution in [0.15, 0.2) is 18.2 Å². The molecule has 0 bridgehead atoms. The Balaban J connectivity index is 2.55. The van der Waals surface area contributed by atoms with Crippen LogP contribution in [0.1, 0.15) is 42.1 Å². The van der Waals surface area contributed by atoms with Gasteiger partial charge in [-0.25, -0.2) is 0 Å². The average Bonchev–Trinajstić information content (AvgIpc) is 2.27. The van der Waals surface area contributed by atoms with Gasteiger partial charge in [0.25, 0.3) is 5.91 Å². The SMILES string of the molecule is CCCCCNC(=O)c1cc(N)ccc1C. The average molecular weight is 220 g/mol. The molecule has 0 saturated heterocycles. The highest BCUT2D eigenvalue weighted by molar-refractivity contribution is 5.96. The number of nitrogens with two attached hydrogens (primary N) is 1. The molecule has 1 amide bonds. The number of carbonyl (C=O) groups excluding carboxylic acids is 1. The van der Waals surface area contributed by atoms with E-state index < -0.39 is 0 Å². The van der Waals surface area contributed by atoms with Crippen molar-refractivity contribution in [3.63, 3.8) is 0 Å². The summed E-state index contributed by atoms with van der Waals surface area (Å²) in [7, 11) is 0. The summed E-state index contributed by atoms with van der Waals surface area (Å²) in [5.41, 5.74) is 7.93. The van der Waals surface area contributed by atoms with Gasteiger partial charge in [0.1, 0.15) is 0 Å². The van der Waals surface area contributed by atoms with Crippen LogP contribution in [0.4, 0.5) is 5.69 Å². The standard InChI is InChI=1S/C13H20N2O/c1-3-4-5-8-15-13(16)12-9-11(14)7-6-10(12)2/h6-7,9H,3-5,8,14H2,1-2H3,(H,15,16). The van der Waals surface area contributed by atoms with Crippen molar-refractivity contribution in [1.82, 2.24) is 5.32 Å². The Morgan fingerprint density at radius 1 is 1.38 bits per heavy atom. The number of unbranched alkanes of at least 4 members (excludes halogenated alkanes) is 2. The monoisotopic (exact) mass is 220 g/mol. The van der Waals surface area contributed by atoms with E-state index in [-0.39, 0.29) is 5.91 Å². The second kappa shape index (κ2) is 6.16. The molecule has 0 aliphatic heterocycles. The minimum Gasteiger partial charge on any atom is -0.399 e. The van der Waals surface area contributed by atoms with E-state index in [1.54, 1.807) is 6.07 Å². The summed E-state index contributed by atoms with van der Waals surface area (Å²) in [5.74, 6) is -0.0269. The molecular formula is C13H20N2O. The van der Waals surface area contributed by atoms with Gasteiger partial charge in [-0.2, -0.15) is 0 Å². The van der Waals surface area contributed by atoms with Crippen molar-refractivity contribution in [2.24, 2.45) is 0 Å². The predicted molar refractivity (Wildman–Crippen MR) is 67.4 cm³/mol. The van der Waals surface area contributed by atoms with Crippen molar-refractivity contribution >= 4 is 11.6 Å². The Morgan fingerprint density at radius 2 is 2.12 bits per heavy atom. The molecule has 0 aromatic heterocycles. The number of benzene rings is 1. The van der Waals surface area contributed by atoms with E-state index in [1.165, 1.54) is 0 Å². The Hall–Kier alpha value is -1.51. The highest BCUT2D eigenvalue weighted by Crippen LogP contribution is 2.12. The summed E-state index contributed by atoms with van der Waals surface area (Å²) in [4.78, 5) is 11.8. The van der Waals surface area contributed by atoms with Gasteiger partial charge in [0.05, 0.1) is 0 Å². The molecular weight excluding hydrogens is 200 g/mol. The number of hydrogen-bond acceptors (Lipinski definition) is 2. The highest BCUT2D eigenvalue weighted by atomic mass is 16.1. The van der Waals surface area contributed by atoms with Gasteiger partial charge in [-0.1, -0.05) is 25.8 Å². The van der Waals surface area contributed by atoms with Gasteiger partial charge in [0.15, 0.2) is 0 Å². The van der Waals surface area contributed by atoms with Crippen molar-refractivity contribution in [1.29, 1.82) is 0 Å². The van der Waals surface area contributed by atoms with Crippen molar-refractivity contribution in [3.05, 3.63) is 29.3 Å². The van der Waals surface area contributed by atoms with Crippen molar-refractivity contribution in [2.75, 3.05) is 12.3 Å². The Kier molecular flexibility index (Phi) is 4.83. The van der Waals surface area contributed by atoms with Gasteiger partial charge in [-0.15, -0.1) is 0 Å². The summed E-state index contributed by atoms with van der Waals surface area (Å²) in [5, 5.41) is 2.91. The molecule has 1 aromatic carbocycles. The number of amides is 1. The Labute approximate surface area is 97.0 Å². The maximum absolute atomic E-state index is 11.8. The lowest BCUT2D eigenvalue weighted by Crippen LogP contribution is -2.25. The van der Waals surface area contributed by atoms with Crippen LogP contribution in [0.2, 0.25) is 0 Å². The summed E-state index contributed by atoms with van der Waals surface area (Å²) < 4.78 is 0. The normalized spacial score (nSPS) is 10.1. The molecule has 16 heavy (non-hydrogen) atoms. The zero-order valence-electron chi connectivity index (χ0n) is 10.0. The largest absolute Gasteiger partial charge is 0.399 e. The van der Waals surface area contributed by atoms with Crippen LogP contribution in [-0.2, 0) is 0 Å². The zero-order valence-corrected chi connectivity index (χ0v) is 10.0. The maximum Gasteiger partial charge on any atom is 0.251 e. The molecule has 0 saturated carbocycles. The molecule has 0 spiro atoms. The first-order valence-corrected chi connectivity index (χ1v) is 5.79. The van der Waals surface area contributed by atoms with Crippen LogP contribution < -0.4 is 11.1 Å². The lowest BCUT2D eigenvalue weighted by atomic mass is 10.1. The number of anilines is 1. The van der Waals surface area contributed by atoms with E-state index in [2.05, 4.69) is 12.2 Å². The molecule has 0 fully saturated rings. The molecule has 3 nitrogen and oxygen atoms in total. The lowest BCUT2D eigenvalue weighted by molar-refractivity contribution is 0.0952. The molecule has 0 heterocycles. The summed E-state index contributed by atoms with van der Waals surface area (Å²) in [6.45, 7) is 4.80. The van der Waals surface area contributed by atoms with Gasteiger partial charge in [-0.05, 0) is 31.0 Å². The number of nitrogen functional groups attached to an aromatic ring is 1. The first kappa shape index (κ1) is 12.6. The van der Waals surface area contributed by atoms with Crippen LogP contribution in [0.5, 0.6) is 0 Å². The van der Waals surface area contributed by atoms with E-state index in [1.807, 2.05) is 19.1 Å². The third kappa shape index (κ3) is 3.57. The van der Waals surface area contributed by atoms with Crippen molar-refractivity contribution in [2.45, 2.75) is 33.1 Å². The topological polar surface area (TPSA) is 55.1 Å². The number of carbonyl (C=O) groups is 1. The molecule has 3 N–H and O–H groups in total. The number of aryl methyl sites for hydroxylation is 1. The number of rotatable bonds is 5. The number of nitrogens with one attached hydrogen (secondary N) is 1. The molecule has 3 heteroatoms. The van der Waals surface area contributed by atoms with Gasteiger partial charge in [0, 0.05) is 17.8 Å². The van der Waals surface area contributed by atoms with Crippen LogP contribution in [0.3, 0.4) is 0 Å². The second-order valence-corrected chi connectivity index (χ2v) is 4.04. The summed E-state index contributed by atoms with van der Waals surface area (Å²) in [6.07, 6.45) is 3.34. The van der Waals surface area contributed by atoms with Gasteiger partial charge in [0.2, 0.25) is 0 Å². The predicted octanol–water partition coefficient (Wildman–Crippen LogP) is 2.50. The maximum atomic E-state index is 11.8. The van der Waals surface area contributed by atoms with Crippen LogP contribution >= 0.6 is 0 Å². The first-order chi connectivity index (χ1) is 7.65. The highest BCUT2D eigenvalue weighted by Gasteiger charge is 2.08. The van der Waals surface area contributed by atoms with Crippen LogP contribution in [0.25, 0.3) is 0 Å². The van der Waals surface area contributed by atoms with Crippen LogP contribution in [0, 0.1) is 6.92 Å². The zero-order chi connectivity index (χ0) is 12.0. The summed E-state index contributed by atoms with van der Waals surface area (Å²) in [6, 6.07) is 5.41. The van der Waals surface area contributed by atoms with E-state index >= 15 is 0 Å². The fraction of sp³-hybridized carbons (Fsp3) is 0.462. The quantitative estimate of drug-likeness (QED) is 0.591. The summed E-state index contributed by atoms with van der Waals surface area (Å²) >= 11 is 0. The van der Waals surface area contributed by atoms with E-state index in [0.29, 0.717) is 11.3 Å². The molecule has 88 valence electrons. The van der Waals surface area contributed by atoms with Gasteiger partial charge in [-0.3, -0.25) is 4.79 Å². The molecule has 0 aliphatic carbocycles. The Bertz CT molecular complexity index is 361.